The van der Waals surface area contributed by atoms with Gasteiger partial charge in [0.25, 0.3) is 11.8 Å². The Bertz CT molecular complexity index is 1680. The molecule has 2 amide bonds. The Morgan fingerprint density at radius 1 is 0.929 bits per heavy atom. The second-order valence-corrected chi connectivity index (χ2v) is 11.3. The van der Waals surface area contributed by atoms with E-state index in [9.17, 15) is 14.9 Å². The van der Waals surface area contributed by atoms with Crippen LogP contribution < -0.4 is 0 Å². The lowest BCUT2D eigenvalue weighted by molar-refractivity contribution is -0.140. The van der Waals surface area contributed by atoms with Crippen LogP contribution in [0.25, 0.3) is 23.0 Å². The fraction of sp³-hybridized carbons (Fsp3) is 0.200. The zero-order valence-electron chi connectivity index (χ0n) is 23.8. The molecule has 210 valence electrons. The van der Waals surface area contributed by atoms with Gasteiger partial charge in [-0.05, 0) is 67.0 Å². The molecule has 0 atom stereocenters. The van der Waals surface area contributed by atoms with E-state index in [0.29, 0.717) is 23.3 Å². The van der Waals surface area contributed by atoms with Gasteiger partial charge in [0.2, 0.25) is 0 Å². The summed E-state index contributed by atoms with van der Waals surface area (Å²) in [7, 11) is 0. The van der Waals surface area contributed by atoms with Crippen molar-refractivity contribution in [2.45, 2.75) is 38.0 Å². The Labute approximate surface area is 251 Å². The third kappa shape index (κ3) is 6.29. The quantitative estimate of drug-likeness (QED) is 0.0865. The van der Waals surface area contributed by atoms with Crippen LogP contribution in [0.15, 0.2) is 113 Å². The van der Waals surface area contributed by atoms with Gasteiger partial charge in [0.15, 0.2) is 0 Å². The Balaban J connectivity index is 1.55. The molecule has 3 aromatic carbocycles. The van der Waals surface area contributed by atoms with Crippen LogP contribution in [0, 0.1) is 11.3 Å². The van der Waals surface area contributed by atoms with Crippen molar-refractivity contribution in [3.63, 3.8) is 0 Å². The summed E-state index contributed by atoms with van der Waals surface area (Å²) in [4.78, 5) is 29.4. The van der Waals surface area contributed by atoms with Gasteiger partial charge in [0.05, 0.1) is 11.4 Å². The smallest absolute Gasteiger partial charge is 0.271 e. The Morgan fingerprint density at radius 3 is 2.29 bits per heavy atom. The molecule has 1 aromatic heterocycles. The van der Waals surface area contributed by atoms with E-state index in [2.05, 4.69) is 31.2 Å². The Kier molecular flexibility index (Phi) is 9.15. The van der Waals surface area contributed by atoms with Gasteiger partial charge in [-0.2, -0.15) is 10.4 Å². The van der Waals surface area contributed by atoms with E-state index < -0.39 is 11.8 Å². The molecule has 0 saturated heterocycles. The van der Waals surface area contributed by atoms with Gasteiger partial charge in [-0.3, -0.25) is 14.5 Å². The summed E-state index contributed by atoms with van der Waals surface area (Å²) >= 11 is 1.83. The van der Waals surface area contributed by atoms with Gasteiger partial charge in [-0.1, -0.05) is 74.0 Å². The van der Waals surface area contributed by atoms with Crippen LogP contribution in [-0.2, 0) is 16.0 Å². The monoisotopic (exact) mass is 572 g/mol. The first-order chi connectivity index (χ1) is 20.5. The summed E-state index contributed by atoms with van der Waals surface area (Å²) in [5.41, 5.74) is 4.93. The summed E-state index contributed by atoms with van der Waals surface area (Å²) < 4.78 is 1.79. The van der Waals surface area contributed by atoms with Crippen LogP contribution in [0.4, 0.5) is 0 Å². The number of amides is 2. The molecule has 0 unspecified atom stereocenters. The highest BCUT2D eigenvalue weighted by Crippen LogP contribution is 2.32. The van der Waals surface area contributed by atoms with Gasteiger partial charge in [-0.15, -0.1) is 11.8 Å². The predicted octanol–water partition coefficient (Wildman–Crippen LogP) is 7.27. The molecule has 4 aromatic rings. The summed E-state index contributed by atoms with van der Waals surface area (Å²) in [5.74, 6) is 0.113. The van der Waals surface area contributed by atoms with Crippen molar-refractivity contribution in [3.05, 3.63) is 119 Å². The minimum Gasteiger partial charge on any atom is -0.273 e. The molecule has 0 spiro atoms. The van der Waals surface area contributed by atoms with Gasteiger partial charge >= 0.3 is 0 Å². The van der Waals surface area contributed by atoms with Crippen molar-refractivity contribution in [1.82, 2.24) is 14.7 Å². The van der Waals surface area contributed by atoms with Crippen molar-refractivity contribution in [2.24, 2.45) is 0 Å². The normalized spacial score (nSPS) is 14.5. The minimum atomic E-state index is -0.551. The fourth-order valence-electron chi connectivity index (χ4n) is 4.85. The number of benzene rings is 3. The number of unbranched alkanes of at least 4 members (excludes halogenated alkanes) is 1. The molecule has 7 heteroatoms. The molecular formula is C35H32N4O2S. The van der Waals surface area contributed by atoms with Crippen molar-refractivity contribution in [3.8, 4) is 23.0 Å². The zero-order valence-corrected chi connectivity index (χ0v) is 24.6. The summed E-state index contributed by atoms with van der Waals surface area (Å²) in [6.45, 7) is 4.04. The molecule has 0 saturated carbocycles. The second kappa shape index (κ2) is 13.3. The van der Waals surface area contributed by atoms with Crippen molar-refractivity contribution in [1.29, 1.82) is 5.26 Å². The molecule has 42 heavy (non-hydrogen) atoms. The highest BCUT2D eigenvalue weighted by molar-refractivity contribution is 7.99. The van der Waals surface area contributed by atoms with E-state index in [-0.39, 0.29) is 12.1 Å². The van der Waals surface area contributed by atoms with Crippen molar-refractivity contribution < 1.29 is 9.59 Å². The molecule has 0 radical (unpaired) electrons. The molecule has 5 rings (SSSR count). The average Bonchev–Trinajstić information content (AvgIpc) is 3.45. The molecule has 0 aliphatic carbocycles. The van der Waals surface area contributed by atoms with E-state index in [1.807, 2.05) is 84.7 Å². The van der Waals surface area contributed by atoms with Crippen molar-refractivity contribution >= 4 is 29.7 Å². The maximum absolute atomic E-state index is 13.8. The number of carbonyl (C=O) groups is 2. The van der Waals surface area contributed by atoms with Gasteiger partial charge in [-0.25, -0.2) is 4.68 Å². The standard InChI is InChI=1S/C35H32N4O2S/c1-3-4-21-42-30-17-15-27(16-18-30)33-28(24-39(37-33)29-13-9-6-10-14-29)22-31-25(2)32(23-36)35(41)38(34(31)40)20-19-26-11-7-5-8-12-26/h5-18,22,24H,3-4,19-21H2,1-2H3/b31-22+. The van der Waals surface area contributed by atoms with Crippen LogP contribution in [-0.4, -0.2) is 38.8 Å². The molecule has 1 aliphatic rings. The number of hydrogen-bond acceptors (Lipinski definition) is 5. The molecule has 1 aliphatic heterocycles. The highest BCUT2D eigenvalue weighted by Gasteiger charge is 2.35. The van der Waals surface area contributed by atoms with E-state index in [0.717, 1.165) is 34.6 Å². The lowest BCUT2D eigenvalue weighted by Gasteiger charge is -2.27. The zero-order chi connectivity index (χ0) is 29.5. The molecule has 6 nitrogen and oxygen atoms in total. The largest absolute Gasteiger partial charge is 0.273 e. The maximum Gasteiger partial charge on any atom is 0.271 e. The third-order valence-corrected chi connectivity index (χ3v) is 8.35. The summed E-state index contributed by atoms with van der Waals surface area (Å²) in [5, 5.41) is 14.8. The van der Waals surface area contributed by atoms with E-state index in [4.69, 9.17) is 5.10 Å². The second-order valence-electron chi connectivity index (χ2n) is 10.1. The number of rotatable bonds is 10. The van der Waals surface area contributed by atoms with Crippen molar-refractivity contribution in [2.75, 3.05) is 12.3 Å². The number of carbonyl (C=O) groups excluding carboxylic acids is 2. The Hall–Kier alpha value is -4.67. The maximum atomic E-state index is 13.8. The number of thioether (sulfide) groups is 1. The van der Waals surface area contributed by atoms with Crippen LogP contribution >= 0.6 is 11.8 Å². The summed E-state index contributed by atoms with van der Waals surface area (Å²) in [6, 6.07) is 29.8. The fourth-order valence-corrected chi connectivity index (χ4v) is 5.84. The Morgan fingerprint density at radius 2 is 1.62 bits per heavy atom. The van der Waals surface area contributed by atoms with Gasteiger partial charge in [0.1, 0.15) is 11.6 Å². The minimum absolute atomic E-state index is 0.0145. The molecular weight excluding hydrogens is 540 g/mol. The van der Waals surface area contributed by atoms with E-state index in [1.165, 1.54) is 16.2 Å². The SMILES string of the molecule is CCCCSc1ccc(-c2nn(-c3ccccc3)cc2/C=C2/C(=O)N(CCc3ccccc3)C(=O)C(C#N)=C2C)cc1. The van der Waals surface area contributed by atoms with E-state index in [1.54, 1.807) is 17.7 Å². The predicted molar refractivity (Wildman–Crippen MR) is 168 cm³/mol. The van der Waals surface area contributed by atoms with E-state index >= 15 is 0 Å². The van der Waals surface area contributed by atoms with Crippen LogP contribution in [0.5, 0.6) is 0 Å². The summed E-state index contributed by atoms with van der Waals surface area (Å²) in [6.07, 6.45) is 6.49. The number of nitriles is 1. The topological polar surface area (TPSA) is 79.0 Å². The highest BCUT2D eigenvalue weighted by atomic mass is 32.2. The van der Waals surface area contributed by atoms with Crippen LogP contribution in [0.2, 0.25) is 0 Å². The number of aromatic nitrogens is 2. The average molecular weight is 573 g/mol. The van der Waals surface area contributed by atoms with Gasteiger partial charge < -0.3 is 0 Å². The third-order valence-electron chi connectivity index (χ3n) is 7.25. The lowest BCUT2D eigenvalue weighted by Crippen LogP contribution is -2.43. The number of imide groups is 1. The molecule has 0 bridgehead atoms. The number of nitrogens with zero attached hydrogens (tertiary/aromatic N) is 4. The first kappa shape index (κ1) is 28.8. The molecule has 0 fully saturated rings. The first-order valence-corrected chi connectivity index (χ1v) is 15.1. The number of hydrogen-bond donors (Lipinski definition) is 0. The van der Waals surface area contributed by atoms with Crippen LogP contribution in [0.1, 0.15) is 37.8 Å². The van der Waals surface area contributed by atoms with Crippen LogP contribution in [0.3, 0.4) is 0 Å². The number of para-hydroxylation sites is 1. The first-order valence-electron chi connectivity index (χ1n) is 14.1. The molecule has 2 heterocycles. The molecule has 0 N–H and O–H groups in total. The van der Waals surface area contributed by atoms with Gasteiger partial charge in [0, 0.05) is 34.3 Å². The lowest BCUT2D eigenvalue weighted by atomic mass is 9.93.